The van der Waals surface area contributed by atoms with Crippen LogP contribution in [0.15, 0.2) is 47.4 Å². The minimum atomic E-state index is -3.97. The van der Waals surface area contributed by atoms with Gasteiger partial charge in [0, 0.05) is 6.54 Å². The van der Waals surface area contributed by atoms with Crippen LogP contribution in [0.5, 0.6) is 0 Å². The average Bonchev–Trinajstić information content (AvgIpc) is 2.40. The van der Waals surface area contributed by atoms with Crippen molar-refractivity contribution in [2.45, 2.75) is 18.4 Å². The lowest BCUT2D eigenvalue weighted by atomic mass is 10.1. The van der Waals surface area contributed by atoms with Gasteiger partial charge in [-0.3, -0.25) is 0 Å². The molecule has 0 spiro atoms. The summed E-state index contributed by atoms with van der Waals surface area (Å²) >= 11 is 0. The Balaban J connectivity index is 2.22. The highest BCUT2D eigenvalue weighted by Gasteiger charge is 2.18. The van der Waals surface area contributed by atoms with E-state index in [4.69, 9.17) is 0 Å². The first-order valence-electron chi connectivity index (χ1n) is 5.89. The molecule has 2 aromatic rings. The Kier molecular flexibility index (Phi) is 4.15. The Hall–Kier alpha value is -1.79. The second-order valence-corrected chi connectivity index (χ2v) is 6.06. The van der Waals surface area contributed by atoms with E-state index in [1.165, 1.54) is 30.3 Å². The highest BCUT2D eigenvalue weighted by molar-refractivity contribution is 7.89. The molecule has 3 nitrogen and oxygen atoms in total. The van der Waals surface area contributed by atoms with Crippen molar-refractivity contribution in [1.82, 2.24) is 4.72 Å². The molecule has 0 unspecified atom stereocenters. The van der Waals surface area contributed by atoms with E-state index >= 15 is 0 Å². The van der Waals surface area contributed by atoms with Crippen LogP contribution in [0.2, 0.25) is 0 Å². The summed E-state index contributed by atoms with van der Waals surface area (Å²) in [7, 11) is -3.97. The van der Waals surface area contributed by atoms with Crippen LogP contribution in [-0.4, -0.2) is 8.42 Å². The molecule has 6 heteroatoms. The van der Waals surface area contributed by atoms with E-state index in [1.807, 2.05) is 0 Å². The second kappa shape index (κ2) is 5.68. The van der Waals surface area contributed by atoms with Crippen LogP contribution in [0, 0.1) is 18.6 Å². The lowest BCUT2D eigenvalue weighted by Crippen LogP contribution is -2.24. The van der Waals surface area contributed by atoms with E-state index in [0.717, 1.165) is 11.6 Å². The molecule has 0 heterocycles. The summed E-state index contributed by atoms with van der Waals surface area (Å²) in [6.45, 7) is 1.65. The molecule has 0 bridgehead atoms. The molecule has 0 aliphatic heterocycles. The maximum Gasteiger partial charge on any atom is 0.243 e. The number of aryl methyl sites for hydroxylation is 1. The van der Waals surface area contributed by atoms with E-state index in [9.17, 15) is 17.2 Å². The smallest absolute Gasteiger partial charge is 0.207 e. The molecule has 0 atom stereocenters. The van der Waals surface area contributed by atoms with Gasteiger partial charge in [-0.1, -0.05) is 18.2 Å². The van der Waals surface area contributed by atoms with E-state index in [-0.39, 0.29) is 6.54 Å². The predicted octanol–water partition coefficient (Wildman–Crippen LogP) is 2.75. The van der Waals surface area contributed by atoms with Gasteiger partial charge in [-0.15, -0.1) is 0 Å². The van der Waals surface area contributed by atoms with Gasteiger partial charge in [0.2, 0.25) is 10.0 Å². The van der Waals surface area contributed by atoms with E-state index in [2.05, 4.69) is 4.72 Å². The maximum absolute atomic E-state index is 13.5. The van der Waals surface area contributed by atoms with Gasteiger partial charge in [0.15, 0.2) is 0 Å². The van der Waals surface area contributed by atoms with E-state index in [1.54, 1.807) is 13.0 Å². The number of benzene rings is 2. The van der Waals surface area contributed by atoms with Crippen LogP contribution in [0.25, 0.3) is 0 Å². The Labute approximate surface area is 116 Å². The molecular formula is C14H13F2NO2S. The average molecular weight is 297 g/mol. The standard InChI is InChI=1S/C14H13F2NO2S/c1-10-6-7-12(15)8-11(10)9-17-20(18,19)14-5-3-2-4-13(14)16/h2-8,17H,9H2,1H3. The second-order valence-electron chi connectivity index (χ2n) is 4.33. The third-order valence-electron chi connectivity index (χ3n) is 2.89. The number of hydrogen-bond donors (Lipinski definition) is 1. The molecular weight excluding hydrogens is 284 g/mol. The highest BCUT2D eigenvalue weighted by Crippen LogP contribution is 2.15. The number of nitrogens with one attached hydrogen (secondary N) is 1. The maximum atomic E-state index is 13.5. The van der Waals surface area contributed by atoms with Crippen LogP contribution >= 0.6 is 0 Å². The molecule has 0 amide bonds. The lowest BCUT2D eigenvalue weighted by Gasteiger charge is -2.09. The van der Waals surface area contributed by atoms with Crippen molar-refractivity contribution in [3.8, 4) is 0 Å². The molecule has 20 heavy (non-hydrogen) atoms. The van der Waals surface area contributed by atoms with Gasteiger partial charge < -0.3 is 0 Å². The summed E-state index contributed by atoms with van der Waals surface area (Å²) < 4.78 is 52.8. The van der Waals surface area contributed by atoms with Gasteiger partial charge >= 0.3 is 0 Å². The molecule has 106 valence electrons. The largest absolute Gasteiger partial charge is 0.243 e. The van der Waals surface area contributed by atoms with Gasteiger partial charge in [-0.2, -0.15) is 0 Å². The summed E-state index contributed by atoms with van der Waals surface area (Å²) in [6.07, 6.45) is 0. The van der Waals surface area contributed by atoms with Crippen LogP contribution in [-0.2, 0) is 16.6 Å². The quantitative estimate of drug-likeness (QED) is 0.943. The molecule has 0 aromatic heterocycles. The first-order chi connectivity index (χ1) is 9.40. The zero-order valence-corrected chi connectivity index (χ0v) is 11.5. The number of hydrogen-bond acceptors (Lipinski definition) is 2. The normalized spacial score (nSPS) is 11.6. The monoisotopic (exact) mass is 297 g/mol. The fraction of sp³-hybridized carbons (Fsp3) is 0.143. The van der Waals surface area contributed by atoms with Crippen molar-refractivity contribution >= 4 is 10.0 Å². The minimum Gasteiger partial charge on any atom is -0.207 e. The van der Waals surface area contributed by atoms with Crippen molar-refractivity contribution in [3.63, 3.8) is 0 Å². The predicted molar refractivity (Wildman–Crippen MR) is 71.6 cm³/mol. The van der Waals surface area contributed by atoms with Crippen molar-refractivity contribution in [2.24, 2.45) is 0 Å². The van der Waals surface area contributed by atoms with Gasteiger partial charge in [0.25, 0.3) is 0 Å². The Morgan fingerprint density at radius 3 is 2.50 bits per heavy atom. The minimum absolute atomic E-state index is 0.0970. The molecule has 0 aliphatic rings. The Morgan fingerprint density at radius 2 is 1.80 bits per heavy atom. The third kappa shape index (κ3) is 3.20. The zero-order chi connectivity index (χ0) is 14.8. The SMILES string of the molecule is Cc1ccc(F)cc1CNS(=O)(=O)c1ccccc1F. The summed E-state index contributed by atoms with van der Waals surface area (Å²) in [5.74, 6) is -1.27. The first kappa shape index (κ1) is 14.6. The highest BCUT2D eigenvalue weighted by atomic mass is 32.2. The summed E-state index contributed by atoms with van der Waals surface area (Å²) in [5.41, 5.74) is 1.26. The van der Waals surface area contributed by atoms with Crippen LogP contribution in [0.4, 0.5) is 8.78 Å². The molecule has 2 rings (SSSR count). The topological polar surface area (TPSA) is 46.2 Å². The molecule has 0 saturated heterocycles. The first-order valence-corrected chi connectivity index (χ1v) is 7.38. The van der Waals surface area contributed by atoms with Crippen molar-refractivity contribution < 1.29 is 17.2 Å². The Morgan fingerprint density at radius 1 is 1.10 bits per heavy atom. The molecule has 1 N–H and O–H groups in total. The van der Waals surface area contributed by atoms with Crippen LogP contribution < -0.4 is 4.72 Å². The van der Waals surface area contributed by atoms with Gasteiger partial charge in [-0.05, 0) is 42.3 Å². The van der Waals surface area contributed by atoms with Crippen molar-refractivity contribution in [2.75, 3.05) is 0 Å². The van der Waals surface area contributed by atoms with Crippen molar-refractivity contribution in [1.29, 1.82) is 0 Å². The number of sulfonamides is 1. The van der Waals surface area contributed by atoms with Crippen LogP contribution in [0.1, 0.15) is 11.1 Å². The number of rotatable bonds is 4. The Bertz CT molecular complexity index is 730. The molecule has 0 saturated carbocycles. The number of halogens is 2. The third-order valence-corrected chi connectivity index (χ3v) is 4.32. The molecule has 0 aliphatic carbocycles. The summed E-state index contributed by atoms with van der Waals surface area (Å²) in [5, 5.41) is 0. The summed E-state index contributed by atoms with van der Waals surface area (Å²) in [4.78, 5) is -0.422. The fourth-order valence-corrected chi connectivity index (χ4v) is 2.83. The molecule has 2 aromatic carbocycles. The van der Waals surface area contributed by atoms with Gasteiger partial charge in [0.05, 0.1) is 0 Å². The van der Waals surface area contributed by atoms with Gasteiger partial charge in [0.1, 0.15) is 16.5 Å². The lowest BCUT2D eigenvalue weighted by molar-refractivity contribution is 0.556. The van der Waals surface area contributed by atoms with E-state index in [0.29, 0.717) is 5.56 Å². The van der Waals surface area contributed by atoms with Gasteiger partial charge in [-0.25, -0.2) is 21.9 Å². The van der Waals surface area contributed by atoms with E-state index < -0.39 is 26.6 Å². The zero-order valence-electron chi connectivity index (χ0n) is 10.7. The van der Waals surface area contributed by atoms with Crippen molar-refractivity contribution in [3.05, 3.63) is 65.2 Å². The van der Waals surface area contributed by atoms with Crippen LogP contribution in [0.3, 0.4) is 0 Å². The molecule has 0 radical (unpaired) electrons. The summed E-state index contributed by atoms with van der Waals surface area (Å²) in [6, 6.07) is 9.19. The fourth-order valence-electron chi connectivity index (χ4n) is 1.74. The molecule has 0 fully saturated rings.